The third kappa shape index (κ3) is 3.83. The summed E-state index contributed by atoms with van der Waals surface area (Å²) in [7, 11) is -2.42. The molecule has 1 aliphatic rings. The maximum Gasteiger partial charge on any atom is 0.357 e. The summed E-state index contributed by atoms with van der Waals surface area (Å²) < 4.78 is 32.0. The molecule has 4 rings (SSSR count). The van der Waals surface area contributed by atoms with Crippen LogP contribution in [0.25, 0.3) is 10.9 Å². The number of fused-ring (bicyclic) bond motifs is 3. The summed E-state index contributed by atoms with van der Waals surface area (Å²) >= 11 is 0. The predicted octanol–water partition coefficient (Wildman–Crippen LogP) is 2.41. The first-order valence-corrected chi connectivity index (χ1v) is 11.3. The highest BCUT2D eigenvalue weighted by Crippen LogP contribution is 2.36. The minimum absolute atomic E-state index is 0.0755. The molecule has 31 heavy (non-hydrogen) atoms. The first-order valence-electron chi connectivity index (χ1n) is 9.81. The Labute approximate surface area is 180 Å². The highest BCUT2D eigenvalue weighted by atomic mass is 32.2. The lowest BCUT2D eigenvalue weighted by Gasteiger charge is -2.36. The van der Waals surface area contributed by atoms with Crippen molar-refractivity contribution in [3.8, 4) is 5.75 Å². The fourth-order valence-electron chi connectivity index (χ4n) is 3.95. The molecule has 0 radical (unpaired) electrons. The maximum atomic E-state index is 13.7. The Morgan fingerprint density at radius 3 is 2.65 bits per heavy atom. The van der Waals surface area contributed by atoms with Gasteiger partial charge in [0.25, 0.3) is 0 Å². The molecule has 2 heterocycles. The fourth-order valence-corrected chi connectivity index (χ4v) is 5.64. The Kier molecular flexibility index (Phi) is 5.57. The molecule has 162 valence electrons. The van der Waals surface area contributed by atoms with Crippen LogP contribution in [0, 0.1) is 0 Å². The molecule has 1 amide bonds. The summed E-state index contributed by atoms with van der Waals surface area (Å²) in [4.78, 5) is 20.4. The van der Waals surface area contributed by atoms with Crippen molar-refractivity contribution in [1.82, 2.24) is 4.98 Å². The molecule has 9 heteroatoms. The number of rotatable bonds is 7. The second-order valence-corrected chi connectivity index (χ2v) is 9.41. The molecule has 0 fully saturated rings. The van der Waals surface area contributed by atoms with Gasteiger partial charge >= 0.3 is 10.0 Å². The lowest BCUT2D eigenvalue weighted by Crippen LogP contribution is -2.54. The number of nitrogens with zero attached hydrogens (tertiary/aromatic N) is 1. The minimum atomic E-state index is -3.94. The van der Waals surface area contributed by atoms with Crippen LogP contribution in [-0.2, 0) is 32.6 Å². The molecule has 1 unspecified atom stereocenters. The third-order valence-corrected chi connectivity index (χ3v) is 7.65. The van der Waals surface area contributed by atoms with Gasteiger partial charge in [0.1, 0.15) is 23.8 Å². The van der Waals surface area contributed by atoms with Gasteiger partial charge in [-0.1, -0.05) is 22.3 Å². The second kappa shape index (κ2) is 8.18. The van der Waals surface area contributed by atoms with Crippen molar-refractivity contribution >= 4 is 26.8 Å². The lowest BCUT2D eigenvalue weighted by molar-refractivity contribution is -1.02. The SMILES string of the molecule is COc1ccc(S(=O)(=O)[N+]2(OCC=CC(N)=O)CCc3c([nH]c4ccccc34)C2)cc1. The normalized spacial score (nSPS) is 18.9. The van der Waals surface area contributed by atoms with Crippen LogP contribution in [0.4, 0.5) is 0 Å². The van der Waals surface area contributed by atoms with Gasteiger partial charge in [0, 0.05) is 23.4 Å². The second-order valence-electron chi connectivity index (χ2n) is 7.33. The van der Waals surface area contributed by atoms with Gasteiger partial charge < -0.3 is 15.5 Å². The van der Waals surface area contributed by atoms with Gasteiger partial charge in [-0.05, 0) is 42.0 Å². The molecule has 0 bridgehead atoms. The van der Waals surface area contributed by atoms with Gasteiger partial charge in [0.15, 0.2) is 6.54 Å². The number of nitrogens with two attached hydrogens (primary N) is 1. The Morgan fingerprint density at radius 2 is 1.94 bits per heavy atom. The van der Waals surface area contributed by atoms with E-state index in [9.17, 15) is 13.2 Å². The van der Waals surface area contributed by atoms with Crippen LogP contribution < -0.4 is 10.5 Å². The fraction of sp³-hybridized carbons (Fsp3) is 0.227. The van der Waals surface area contributed by atoms with E-state index in [2.05, 4.69) is 4.98 Å². The smallest absolute Gasteiger partial charge is 0.357 e. The van der Waals surface area contributed by atoms with Gasteiger partial charge in [-0.15, -0.1) is 0 Å². The number of amides is 1. The van der Waals surface area contributed by atoms with Crippen LogP contribution in [-0.4, -0.2) is 43.6 Å². The van der Waals surface area contributed by atoms with Gasteiger partial charge in [0.2, 0.25) is 5.91 Å². The number of hydrogen-bond donors (Lipinski definition) is 2. The predicted molar refractivity (Wildman–Crippen MR) is 115 cm³/mol. The number of aromatic amines is 1. The zero-order valence-corrected chi connectivity index (χ0v) is 17.9. The first kappa shape index (κ1) is 21.1. The number of carbonyl (C=O) groups is 1. The highest BCUT2D eigenvalue weighted by molar-refractivity contribution is 7.85. The number of methoxy groups -OCH3 is 1. The topological polar surface area (TPSA) is 111 Å². The quantitative estimate of drug-likeness (QED) is 0.431. The maximum absolute atomic E-state index is 13.7. The summed E-state index contributed by atoms with van der Waals surface area (Å²) in [5.41, 5.74) is 8.02. The molecule has 2 aromatic carbocycles. The average molecular weight is 443 g/mol. The van der Waals surface area contributed by atoms with Crippen molar-refractivity contribution in [3.05, 3.63) is 71.9 Å². The summed E-state index contributed by atoms with van der Waals surface area (Å²) in [5, 5.41) is 1.09. The summed E-state index contributed by atoms with van der Waals surface area (Å²) in [6.07, 6.45) is 3.11. The number of ether oxygens (including phenoxy) is 1. The van der Waals surface area contributed by atoms with Gasteiger partial charge in [-0.2, -0.15) is 13.3 Å². The third-order valence-electron chi connectivity index (χ3n) is 5.49. The number of primary amides is 1. The number of sulfonamides is 1. The zero-order valence-electron chi connectivity index (χ0n) is 17.1. The average Bonchev–Trinajstić information content (AvgIpc) is 3.14. The number of nitrogens with one attached hydrogen (secondary N) is 1. The standard InChI is InChI=1S/C22H23N3O5S/c1-29-16-8-10-17(11-9-16)31(27,28)25(30-14-4-7-22(23)26)13-12-19-18-5-2-3-6-20(18)24-21(19)15-25/h2-11,24H,12-15H2,1H3,(H-,23,26)/p+1. The largest absolute Gasteiger partial charge is 0.497 e. The zero-order chi connectivity index (χ0) is 22.1. The molecule has 1 aliphatic heterocycles. The molecule has 1 atom stereocenters. The summed E-state index contributed by atoms with van der Waals surface area (Å²) in [5.74, 6) is -0.0583. The molecule has 8 nitrogen and oxygen atoms in total. The van der Waals surface area contributed by atoms with Crippen LogP contribution in [0.15, 0.2) is 65.6 Å². The van der Waals surface area contributed by atoms with Gasteiger partial charge in [-0.3, -0.25) is 4.79 Å². The van der Waals surface area contributed by atoms with E-state index < -0.39 is 20.0 Å². The lowest BCUT2D eigenvalue weighted by atomic mass is 10.0. The molecule has 0 saturated heterocycles. The number of hydroxylamine groups is 2. The monoisotopic (exact) mass is 442 g/mol. The molecule has 3 aromatic rings. The van der Waals surface area contributed by atoms with E-state index in [0.717, 1.165) is 28.2 Å². The molecule has 0 spiro atoms. The van der Waals surface area contributed by atoms with Crippen molar-refractivity contribution in [2.24, 2.45) is 5.73 Å². The van der Waals surface area contributed by atoms with E-state index in [4.69, 9.17) is 15.3 Å². The van der Waals surface area contributed by atoms with E-state index in [1.807, 2.05) is 24.3 Å². The Hall–Kier alpha value is -3.14. The van der Waals surface area contributed by atoms with E-state index >= 15 is 0 Å². The van der Waals surface area contributed by atoms with E-state index in [1.165, 1.54) is 25.3 Å². The van der Waals surface area contributed by atoms with E-state index in [1.54, 1.807) is 12.1 Å². The number of para-hydroxylation sites is 1. The molecule has 0 saturated carbocycles. The first-order chi connectivity index (χ1) is 14.9. The minimum Gasteiger partial charge on any atom is -0.497 e. The van der Waals surface area contributed by atoms with Crippen LogP contribution >= 0.6 is 0 Å². The summed E-state index contributed by atoms with van der Waals surface area (Å²) in [6, 6.07) is 14.1. The number of benzene rings is 2. The van der Waals surface area contributed by atoms with Gasteiger partial charge in [0.05, 0.1) is 12.8 Å². The van der Waals surface area contributed by atoms with Crippen molar-refractivity contribution in [3.63, 3.8) is 0 Å². The molecular weight excluding hydrogens is 418 g/mol. The molecule has 1 aromatic heterocycles. The number of aromatic nitrogens is 1. The van der Waals surface area contributed by atoms with Crippen molar-refractivity contribution in [2.75, 3.05) is 20.3 Å². The number of hydrogen-bond acceptors (Lipinski definition) is 5. The van der Waals surface area contributed by atoms with E-state index in [0.29, 0.717) is 12.2 Å². The highest BCUT2D eigenvalue weighted by Gasteiger charge is 2.49. The van der Waals surface area contributed by atoms with Crippen molar-refractivity contribution in [2.45, 2.75) is 17.9 Å². The van der Waals surface area contributed by atoms with Crippen molar-refractivity contribution in [1.29, 1.82) is 0 Å². The number of quaternary nitrogens is 1. The number of H-pyrrole nitrogens is 1. The molecular formula is C22H24N3O5S+. The van der Waals surface area contributed by atoms with Crippen molar-refractivity contribution < 1.29 is 26.8 Å². The van der Waals surface area contributed by atoms with Crippen LogP contribution in [0.5, 0.6) is 5.75 Å². The number of carbonyl (C=O) groups excluding carboxylic acids is 1. The summed E-state index contributed by atoms with van der Waals surface area (Å²) in [6.45, 7) is 0.268. The molecule has 3 N–H and O–H groups in total. The van der Waals surface area contributed by atoms with Crippen LogP contribution in [0.3, 0.4) is 0 Å². The Bertz CT molecular complexity index is 1250. The Balaban J connectivity index is 1.75. The van der Waals surface area contributed by atoms with E-state index in [-0.39, 0.29) is 24.6 Å². The van der Waals surface area contributed by atoms with Gasteiger partial charge in [-0.25, -0.2) is 0 Å². The Morgan fingerprint density at radius 1 is 1.19 bits per heavy atom. The molecule has 0 aliphatic carbocycles. The van der Waals surface area contributed by atoms with Crippen LogP contribution in [0.1, 0.15) is 11.3 Å². The van der Waals surface area contributed by atoms with Crippen LogP contribution in [0.2, 0.25) is 0 Å².